The summed E-state index contributed by atoms with van der Waals surface area (Å²) in [6, 6.07) is 4.07. The van der Waals surface area contributed by atoms with Crippen LogP contribution in [0.25, 0.3) is 0 Å². The number of aryl methyl sites for hydroxylation is 2. The van der Waals surface area contributed by atoms with Crippen LogP contribution in [0.5, 0.6) is 5.75 Å². The van der Waals surface area contributed by atoms with Crippen LogP contribution >= 0.6 is 0 Å². The Morgan fingerprint density at radius 1 is 1.28 bits per heavy atom. The van der Waals surface area contributed by atoms with Crippen LogP contribution in [0, 0.1) is 13.8 Å². The maximum Gasteiger partial charge on any atom is 0.221 e. The molecule has 1 aromatic carbocycles. The van der Waals surface area contributed by atoms with Crippen LogP contribution in [0.1, 0.15) is 23.1 Å². The van der Waals surface area contributed by atoms with E-state index in [1.165, 1.54) is 11.1 Å². The smallest absolute Gasteiger partial charge is 0.221 e. The number of rotatable bonds is 6. The fourth-order valence-corrected chi connectivity index (χ4v) is 1.70. The molecule has 1 amide bonds. The topological polar surface area (TPSA) is 50.4 Å². The average Bonchev–Trinajstić information content (AvgIpc) is 2.37. The highest BCUT2D eigenvalue weighted by atomic mass is 16.5. The quantitative estimate of drug-likeness (QED) is 0.805. The van der Waals surface area contributed by atoms with Crippen molar-refractivity contribution in [1.82, 2.24) is 10.6 Å². The van der Waals surface area contributed by atoms with Crippen LogP contribution in [0.3, 0.4) is 0 Å². The first-order chi connectivity index (χ1) is 8.58. The van der Waals surface area contributed by atoms with Gasteiger partial charge in [-0.1, -0.05) is 6.07 Å². The molecule has 1 rings (SSSR count). The Bertz CT molecular complexity index is 417. The molecule has 0 unspecified atom stereocenters. The van der Waals surface area contributed by atoms with Crippen molar-refractivity contribution in [3.8, 4) is 5.75 Å². The first kappa shape index (κ1) is 14.5. The minimum atomic E-state index is 0.0460. The van der Waals surface area contributed by atoms with Crippen molar-refractivity contribution < 1.29 is 9.53 Å². The molecule has 0 aliphatic heterocycles. The van der Waals surface area contributed by atoms with Crippen LogP contribution in [-0.2, 0) is 11.3 Å². The predicted molar refractivity (Wildman–Crippen MR) is 72.9 cm³/mol. The van der Waals surface area contributed by atoms with Crippen LogP contribution < -0.4 is 15.4 Å². The Balaban J connectivity index is 2.66. The number of carbonyl (C=O) groups is 1. The van der Waals surface area contributed by atoms with Crippen molar-refractivity contribution in [2.75, 3.05) is 20.7 Å². The lowest BCUT2D eigenvalue weighted by Crippen LogP contribution is -2.26. The van der Waals surface area contributed by atoms with Crippen LogP contribution in [-0.4, -0.2) is 26.6 Å². The predicted octanol–water partition coefficient (Wildman–Crippen LogP) is 1.54. The zero-order valence-corrected chi connectivity index (χ0v) is 11.6. The van der Waals surface area contributed by atoms with E-state index in [1.54, 1.807) is 7.11 Å². The Hall–Kier alpha value is -1.55. The standard InChI is InChI=1S/C14H22N2O2/c1-10-7-12(13(18-4)8-11(10)2)9-16-14(17)5-6-15-3/h7-8,15H,5-6,9H2,1-4H3,(H,16,17). The molecule has 18 heavy (non-hydrogen) atoms. The van der Waals surface area contributed by atoms with E-state index < -0.39 is 0 Å². The number of methoxy groups -OCH3 is 1. The van der Waals surface area contributed by atoms with Crippen molar-refractivity contribution in [3.05, 3.63) is 28.8 Å². The van der Waals surface area contributed by atoms with Gasteiger partial charge in [-0.05, 0) is 38.1 Å². The molecule has 0 bridgehead atoms. The van der Waals surface area contributed by atoms with Gasteiger partial charge in [0.2, 0.25) is 5.91 Å². The van der Waals surface area contributed by atoms with Crippen LogP contribution in [0.2, 0.25) is 0 Å². The molecule has 1 aromatic rings. The molecule has 100 valence electrons. The first-order valence-corrected chi connectivity index (χ1v) is 6.14. The monoisotopic (exact) mass is 250 g/mol. The Kier molecular flexibility index (Phi) is 5.65. The summed E-state index contributed by atoms with van der Waals surface area (Å²) < 4.78 is 5.33. The van der Waals surface area contributed by atoms with E-state index in [-0.39, 0.29) is 5.91 Å². The highest BCUT2D eigenvalue weighted by Gasteiger charge is 2.07. The minimum absolute atomic E-state index is 0.0460. The van der Waals surface area contributed by atoms with E-state index in [2.05, 4.69) is 23.6 Å². The van der Waals surface area contributed by atoms with E-state index in [1.807, 2.05) is 20.0 Å². The van der Waals surface area contributed by atoms with Gasteiger partial charge in [-0.3, -0.25) is 4.79 Å². The Morgan fingerprint density at radius 3 is 2.56 bits per heavy atom. The lowest BCUT2D eigenvalue weighted by atomic mass is 10.0. The van der Waals surface area contributed by atoms with Crippen LogP contribution in [0.4, 0.5) is 0 Å². The molecule has 0 saturated carbocycles. The summed E-state index contributed by atoms with van der Waals surface area (Å²) in [4.78, 5) is 11.5. The van der Waals surface area contributed by atoms with Gasteiger partial charge in [-0.15, -0.1) is 0 Å². The van der Waals surface area contributed by atoms with E-state index in [4.69, 9.17) is 4.74 Å². The Labute approximate surface area is 109 Å². The van der Waals surface area contributed by atoms with E-state index >= 15 is 0 Å². The van der Waals surface area contributed by atoms with Crippen molar-refractivity contribution >= 4 is 5.91 Å². The second-order valence-electron chi connectivity index (χ2n) is 4.38. The van der Waals surface area contributed by atoms with Gasteiger partial charge in [0.1, 0.15) is 5.75 Å². The third kappa shape index (κ3) is 4.04. The van der Waals surface area contributed by atoms with Gasteiger partial charge < -0.3 is 15.4 Å². The summed E-state index contributed by atoms with van der Waals surface area (Å²) in [5, 5.41) is 5.85. The largest absolute Gasteiger partial charge is 0.496 e. The second kappa shape index (κ2) is 7.01. The maximum atomic E-state index is 11.5. The molecule has 0 aromatic heterocycles. The lowest BCUT2D eigenvalue weighted by Gasteiger charge is -2.12. The summed E-state index contributed by atoms with van der Waals surface area (Å²) in [5.41, 5.74) is 3.41. The number of amides is 1. The molecule has 0 fully saturated rings. The van der Waals surface area contributed by atoms with Gasteiger partial charge >= 0.3 is 0 Å². The van der Waals surface area contributed by atoms with E-state index in [0.717, 1.165) is 11.3 Å². The third-order valence-corrected chi connectivity index (χ3v) is 2.97. The molecular formula is C14H22N2O2. The van der Waals surface area contributed by atoms with Gasteiger partial charge in [0.15, 0.2) is 0 Å². The summed E-state index contributed by atoms with van der Waals surface area (Å²) in [6.07, 6.45) is 0.490. The first-order valence-electron chi connectivity index (χ1n) is 6.14. The number of hydrogen-bond donors (Lipinski definition) is 2. The van der Waals surface area contributed by atoms with Gasteiger partial charge in [0, 0.05) is 25.1 Å². The second-order valence-corrected chi connectivity index (χ2v) is 4.38. The number of hydrogen-bond acceptors (Lipinski definition) is 3. The molecule has 4 heteroatoms. The SMILES string of the molecule is CNCCC(=O)NCc1cc(C)c(C)cc1OC. The summed E-state index contributed by atoms with van der Waals surface area (Å²) >= 11 is 0. The zero-order chi connectivity index (χ0) is 13.5. The number of benzene rings is 1. The van der Waals surface area contributed by atoms with Crippen molar-refractivity contribution in [1.29, 1.82) is 0 Å². The number of ether oxygens (including phenoxy) is 1. The van der Waals surface area contributed by atoms with Crippen molar-refractivity contribution in [2.24, 2.45) is 0 Å². The van der Waals surface area contributed by atoms with Crippen LogP contribution in [0.15, 0.2) is 12.1 Å². The van der Waals surface area contributed by atoms with Crippen molar-refractivity contribution in [3.63, 3.8) is 0 Å². The van der Waals surface area contributed by atoms with Gasteiger partial charge in [0.05, 0.1) is 7.11 Å². The molecule has 0 atom stereocenters. The average molecular weight is 250 g/mol. The molecule has 2 N–H and O–H groups in total. The fourth-order valence-electron chi connectivity index (χ4n) is 1.70. The Morgan fingerprint density at radius 2 is 1.94 bits per heavy atom. The number of nitrogens with one attached hydrogen (secondary N) is 2. The maximum absolute atomic E-state index is 11.5. The van der Waals surface area contributed by atoms with Gasteiger partial charge in [-0.2, -0.15) is 0 Å². The number of carbonyl (C=O) groups excluding carboxylic acids is 1. The highest BCUT2D eigenvalue weighted by Crippen LogP contribution is 2.22. The minimum Gasteiger partial charge on any atom is -0.496 e. The van der Waals surface area contributed by atoms with E-state index in [0.29, 0.717) is 19.5 Å². The fraction of sp³-hybridized carbons (Fsp3) is 0.500. The summed E-state index contributed by atoms with van der Waals surface area (Å²) in [5.74, 6) is 0.872. The van der Waals surface area contributed by atoms with Gasteiger partial charge in [-0.25, -0.2) is 0 Å². The summed E-state index contributed by atoms with van der Waals surface area (Å²) in [6.45, 7) is 5.30. The summed E-state index contributed by atoms with van der Waals surface area (Å²) in [7, 11) is 3.48. The molecule has 0 aliphatic rings. The normalized spacial score (nSPS) is 10.2. The van der Waals surface area contributed by atoms with Crippen molar-refractivity contribution in [2.45, 2.75) is 26.8 Å². The lowest BCUT2D eigenvalue weighted by molar-refractivity contribution is -0.121. The molecule has 0 heterocycles. The highest BCUT2D eigenvalue weighted by molar-refractivity contribution is 5.76. The molecule has 0 radical (unpaired) electrons. The third-order valence-electron chi connectivity index (χ3n) is 2.97. The zero-order valence-electron chi connectivity index (χ0n) is 11.6. The van der Waals surface area contributed by atoms with Gasteiger partial charge in [0.25, 0.3) is 0 Å². The van der Waals surface area contributed by atoms with E-state index in [9.17, 15) is 4.79 Å². The molecule has 0 aliphatic carbocycles. The molecule has 0 saturated heterocycles. The molecule has 0 spiro atoms. The molecular weight excluding hydrogens is 228 g/mol. The molecule has 4 nitrogen and oxygen atoms in total.